The Kier molecular flexibility index (Phi) is 35.1. The summed E-state index contributed by atoms with van der Waals surface area (Å²) in [5.41, 5.74) is 14.0. The van der Waals surface area contributed by atoms with Crippen LogP contribution in [0.4, 0.5) is 17.1 Å². The molecule has 42 nitrogen and oxygen atoms in total. The van der Waals surface area contributed by atoms with Crippen molar-refractivity contribution in [3.63, 3.8) is 0 Å². The molecule has 3 amide bonds. The number of rotatable bonds is 21. The maximum Gasteiger partial charge on any atom is 1.00 e. The van der Waals surface area contributed by atoms with E-state index in [2.05, 4.69) is 14.5 Å². The number of furan rings is 3. The number of aliphatic hydroxyl groups excluding tert-OH is 6. The van der Waals surface area contributed by atoms with E-state index in [1.807, 2.05) is 46.5 Å². The maximum absolute atomic E-state index is 14.2. The summed E-state index contributed by atoms with van der Waals surface area (Å²) in [5.74, 6) is -19.5. The molecular formula is C91H107B2IN12NaO30. The third-order valence-corrected chi connectivity index (χ3v) is 26.4. The Hall–Kier alpha value is -11.8. The predicted octanol–water partition coefficient (Wildman–Crippen LogP) is -2.15. The molecule has 46 heteroatoms. The number of anilines is 3. The number of nitrogens with one attached hydrogen (secondary N) is 1. The molecular weight excluding hydrogens is 1910 g/mol. The zero-order valence-electron chi connectivity index (χ0n) is 77.6. The maximum atomic E-state index is 14.2. The number of Topliss-reactive ketones (excluding diaryl/α,β-unsaturated/α-hetero) is 6. The number of benzene rings is 3. The summed E-state index contributed by atoms with van der Waals surface area (Å²) >= 11 is 1.92. The van der Waals surface area contributed by atoms with Crippen molar-refractivity contribution < 1.29 is 176 Å². The van der Waals surface area contributed by atoms with Gasteiger partial charge in [-0.15, -0.1) is 0 Å². The van der Waals surface area contributed by atoms with Gasteiger partial charge in [0.1, 0.15) is 91.5 Å². The number of aromatic hydroxyl groups is 3. The first-order valence-corrected chi connectivity index (χ1v) is 42.9. The van der Waals surface area contributed by atoms with Crippen molar-refractivity contribution in [2.24, 2.45) is 58.4 Å². The third kappa shape index (κ3) is 19.4. The Morgan fingerprint density at radius 1 is 0.511 bits per heavy atom. The Balaban J connectivity index is 0.000000231. The zero-order valence-corrected chi connectivity index (χ0v) is 81.7. The molecule has 3 aromatic heterocycles. The molecule has 725 valence electrons. The summed E-state index contributed by atoms with van der Waals surface area (Å²) in [4.78, 5) is 149. The minimum absolute atomic E-state index is 0. The van der Waals surface area contributed by atoms with Gasteiger partial charge in [0, 0.05) is 130 Å². The third-order valence-electron chi connectivity index (χ3n) is 25.5. The predicted molar refractivity (Wildman–Crippen MR) is 498 cm³/mol. The average molecular weight is 2020 g/mol. The van der Waals surface area contributed by atoms with Gasteiger partial charge in [-0.2, -0.15) is 0 Å². The molecule has 0 saturated heterocycles. The fraction of sp³-hybridized carbons (Fsp3) is 0.407. The molecule has 23 N–H and O–H groups in total. The van der Waals surface area contributed by atoms with Gasteiger partial charge in [0.25, 0.3) is 17.7 Å². The van der Waals surface area contributed by atoms with Gasteiger partial charge < -0.3 is 149 Å². The first kappa shape index (κ1) is 110. The Labute approximate surface area is 823 Å². The van der Waals surface area contributed by atoms with Gasteiger partial charge in [-0.05, 0) is 192 Å². The summed E-state index contributed by atoms with van der Waals surface area (Å²) in [6.45, 7) is 7.59. The number of phenolic OH excluding ortho intramolecular Hbond substituents is 3. The van der Waals surface area contributed by atoms with Crippen molar-refractivity contribution in [2.75, 3.05) is 140 Å². The fourth-order valence-corrected chi connectivity index (χ4v) is 20.2. The van der Waals surface area contributed by atoms with Crippen molar-refractivity contribution in [1.82, 2.24) is 20.0 Å². The molecule has 15 rings (SSSR count). The van der Waals surface area contributed by atoms with Crippen molar-refractivity contribution in [2.45, 2.75) is 80.0 Å². The number of fused-ring (bicyclic) bond motifs is 9. The number of hydrogen-bond acceptors (Lipinski definition) is 39. The molecule has 0 spiro atoms. The quantitative estimate of drug-likeness (QED) is 0.00912. The van der Waals surface area contributed by atoms with Gasteiger partial charge in [-0.1, -0.05) is 0 Å². The van der Waals surface area contributed by atoms with Crippen LogP contribution in [0.1, 0.15) is 79.5 Å². The number of likely N-dealkylation sites (N-methyl/N-ethyl adjacent to an activating group) is 3. The average Bonchev–Trinajstić information content (AvgIpc) is 1.55. The molecule has 9 aliphatic rings. The van der Waals surface area contributed by atoms with Gasteiger partial charge in [-0.3, -0.25) is 67.4 Å². The monoisotopic (exact) mass is 2020 g/mol. The van der Waals surface area contributed by atoms with Crippen LogP contribution in [0.3, 0.4) is 0 Å². The molecule has 6 aromatic rings. The van der Waals surface area contributed by atoms with Crippen LogP contribution in [0, 0.1) is 50.9 Å². The smallest absolute Gasteiger partial charge is 0.512 e. The normalized spacial score (nSPS) is 23.7. The topological polar surface area (TPSA) is 688 Å². The molecule has 3 radical (unpaired) electrons. The summed E-state index contributed by atoms with van der Waals surface area (Å²) in [5, 5.41) is 163. The standard InChI is InChI=1S/C31H38N4O9.C28H29N3O9.C23H26IN3O7.C5H5BO4.C3H9NO.CN.B.Na/c1-34(2)19-12-17(20-7-6-15(44-20)13-33-8-9-43-5)25(36)22-16(19)10-14-11-18-24(35(3)4)27(38)23(30(32)41)29(40)31(18,42)28(39)21(14)26(22)37;1-30(2)16-9-14(17-6-5-12(10-32)40-17)22(33)19-13(16)7-11-8-15-21(31(3)4)24(35)20(27(29)38)26(37)28(15,39)25(36)18(11)23(19)34;1-26(2)12-7-11(24)17(28)14-9(12)5-8-6-10-16(27(3)4)19(30)15(22(25)33)21(32)23(10,34)20(31)13(8)18(14)29;7-3-4-1-2-5(10-4)6(8)9;1-5-3-2-4;1-2;;/h6-7,12,14,18,24,33,36-37,40,42H,8-11,13H2,1-5H3,(H2,32,41);5-6,9-11,15,21,33-34,37,39H,7-8H2,1-4H3,(H2,29,38);7-8,10,16,28-29,32,34H,5-6H2,1-4H3,(H2,25,33);1-3,8-9H;2-4H2,1H3;;;/q;;;;;-1;;+1/t14?,18?,24-,31-;11?,15?,21-,28-;8?,10?,16-,23-;;;;;/m000...../s1. The van der Waals surface area contributed by atoms with Crippen LogP contribution in [0.15, 0.2) is 119 Å². The Bertz CT molecular complexity index is 6060. The van der Waals surface area contributed by atoms with Crippen LogP contribution in [0.5, 0.6) is 17.2 Å². The van der Waals surface area contributed by atoms with E-state index in [1.165, 1.54) is 39.0 Å². The number of methoxy groups -OCH3 is 2. The molecule has 3 aromatic carbocycles. The summed E-state index contributed by atoms with van der Waals surface area (Å²) < 4.78 is 26.2. The molecule has 12 atom stereocenters. The molecule has 3 saturated carbocycles. The number of aliphatic hydroxyl groups is 9. The molecule has 137 heavy (non-hydrogen) atoms. The van der Waals surface area contributed by atoms with Crippen LogP contribution in [0.25, 0.3) is 39.9 Å². The van der Waals surface area contributed by atoms with Gasteiger partial charge >= 0.3 is 36.7 Å². The largest absolute Gasteiger partial charge is 1.00 e. The molecule has 0 aliphatic heterocycles. The van der Waals surface area contributed by atoms with E-state index in [9.17, 15) is 114 Å². The van der Waals surface area contributed by atoms with E-state index in [1.54, 1.807) is 120 Å². The Morgan fingerprint density at radius 3 is 1.12 bits per heavy atom. The number of nitrogens with two attached hydrogens (primary N) is 4. The first-order valence-electron chi connectivity index (χ1n) is 41.8. The van der Waals surface area contributed by atoms with E-state index >= 15 is 0 Å². The van der Waals surface area contributed by atoms with E-state index in [4.69, 9.17) is 58.4 Å². The molecule has 3 heterocycles. The Morgan fingerprint density at radius 2 is 0.832 bits per heavy atom. The second-order valence-corrected chi connectivity index (χ2v) is 35.9. The SMILES string of the molecule is CN(C)c1cc(-c2ccc(C=O)o2)c(O)c2c1CC1CC3[C@H](N(C)C)C(=O)C(C(N)=O)=C(O)[C@@]3(O)C(=O)C1=C2O.CN(C)c1cc(I)c(O)c2c1CC1CC3[C@H](N(C)C)C(=O)C(C(N)=O)=C(O)[C@@]3(O)C(=O)C1=C2O.COCCN.COCCNCc1ccc(-c2cc(N(C)C)c3c(c2O)C(O)=C2C(=O)[C@]4(O)C(O)=C(C(N)=O)C(=O)[C@@H](N(C)C)C4CC2C3)o1.O=Cc1ccc(B(O)O)o1.[B].[C-]#N.[Na+]. The number of primary amides is 3. The number of amides is 3. The second kappa shape index (κ2) is 43.5. The number of phenols is 3. The number of aldehydes is 2. The number of hydrogen-bond donors (Lipinski definition) is 19. The molecule has 3 fully saturated rings. The zero-order chi connectivity index (χ0) is 101. The van der Waals surface area contributed by atoms with Crippen molar-refractivity contribution in [3.05, 3.63) is 166 Å². The van der Waals surface area contributed by atoms with Gasteiger partial charge in [-0.25, -0.2) is 0 Å². The first-order chi connectivity index (χ1) is 63.4. The van der Waals surface area contributed by atoms with E-state index in [0.29, 0.717) is 88.6 Å². The summed E-state index contributed by atoms with van der Waals surface area (Å²) in [6, 6.07) is 10.8. The number of ketones is 6. The minimum atomic E-state index is -2.72. The van der Waals surface area contributed by atoms with E-state index in [0.717, 1.165) is 5.69 Å². The van der Waals surface area contributed by atoms with Gasteiger partial charge in [0.05, 0.1) is 69.3 Å². The minimum Gasteiger partial charge on any atom is -0.512 e. The van der Waals surface area contributed by atoms with E-state index in [-0.39, 0.29) is 155 Å². The van der Waals surface area contributed by atoms with Crippen LogP contribution in [-0.2, 0) is 78.4 Å². The second-order valence-electron chi connectivity index (χ2n) is 34.7. The van der Waals surface area contributed by atoms with Gasteiger partial charge in [0.15, 0.2) is 58.2 Å². The van der Waals surface area contributed by atoms with Gasteiger partial charge in [0.2, 0.25) is 17.3 Å². The van der Waals surface area contributed by atoms with E-state index < -0.39 is 187 Å². The van der Waals surface area contributed by atoms with Crippen LogP contribution in [-0.4, -0.2) is 327 Å². The molecule has 9 aliphatic carbocycles. The van der Waals surface area contributed by atoms with Crippen molar-refractivity contribution >= 4 is 143 Å². The number of ether oxygens (including phenoxy) is 2. The number of carbonyl (C=O) groups is 11. The number of nitrogens with zero attached hydrogens (tertiary/aromatic N) is 7. The van der Waals surface area contributed by atoms with Crippen LogP contribution < -0.4 is 78.2 Å². The fourth-order valence-electron chi connectivity index (χ4n) is 19.7. The van der Waals surface area contributed by atoms with Crippen molar-refractivity contribution in [3.8, 4) is 39.9 Å². The number of carbonyl (C=O) groups excluding carboxylic acids is 11. The molecule has 0 bridgehead atoms. The number of halogens is 1. The van der Waals surface area contributed by atoms with Crippen LogP contribution >= 0.6 is 22.6 Å². The molecule has 6 unspecified atom stereocenters. The summed E-state index contributed by atoms with van der Waals surface area (Å²) in [7, 11) is 21.7. The van der Waals surface area contributed by atoms with Crippen molar-refractivity contribution in [1.29, 1.82) is 5.26 Å². The van der Waals surface area contributed by atoms with Crippen LogP contribution in [0.2, 0.25) is 0 Å². The summed E-state index contributed by atoms with van der Waals surface area (Å²) in [6.07, 6.45) is 1.64.